The molecule has 1 aliphatic carbocycles. The van der Waals surface area contributed by atoms with Gasteiger partial charge in [-0.2, -0.15) is 15.4 Å². The molecule has 0 aliphatic heterocycles. The van der Waals surface area contributed by atoms with Crippen LogP contribution in [-0.2, 0) is 0 Å². The second-order valence-electron chi connectivity index (χ2n) is 5.88. The molecular formula is C12H22N4Si. The molecule has 0 saturated heterocycles. The Labute approximate surface area is 104 Å². The maximum absolute atomic E-state index is 4.67. The fraction of sp³-hybridized carbons (Fsp3) is 0.750. The maximum Gasteiger partial charge on any atom is 0.122 e. The Morgan fingerprint density at radius 3 is 2.53 bits per heavy atom. The predicted molar refractivity (Wildman–Crippen MR) is 73.8 cm³/mol. The van der Waals surface area contributed by atoms with Gasteiger partial charge in [-0.25, -0.2) is 0 Å². The van der Waals surface area contributed by atoms with Crippen molar-refractivity contribution in [3.05, 3.63) is 5.69 Å². The molecule has 1 heterocycles. The van der Waals surface area contributed by atoms with Crippen LogP contribution in [0.2, 0.25) is 19.6 Å². The molecule has 17 heavy (non-hydrogen) atoms. The fourth-order valence-corrected chi connectivity index (χ4v) is 3.56. The minimum absolute atomic E-state index is 0.509. The number of aromatic amines is 1. The molecule has 1 fully saturated rings. The average molecular weight is 250 g/mol. The van der Waals surface area contributed by atoms with Crippen molar-refractivity contribution in [3.63, 3.8) is 0 Å². The molecule has 0 unspecified atom stereocenters. The minimum atomic E-state index is -1.41. The van der Waals surface area contributed by atoms with Gasteiger partial charge >= 0.3 is 0 Å². The van der Waals surface area contributed by atoms with Gasteiger partial charge < -0.3 is 0 Å². The van der Waals surface area contributed by atoms with Gasteiger partial charge in [0.15, 0.2) is 0 Å². The number of rotatable bonds is 3. The van der Waals surface area contributed by atoms with Crippen molar-refractivity contribution in [1.82, 2.24) is 15.4 Å². The SMILES string of the molecule is C[Si](C)(C)c1n[nH]nc1C=NC1CCCCC1. The first-order chi connectivity index (χ1) is 8.07. The van der Waals surface area contributed by atoms with Gasteiger partial charge in [-0.1, -0.05) is 38.9 Å². The van der Waals surface area contributed by atoms with Crippen LogP contribution in [0.5, 0.6) is 0 Å². The highest BCUT2D eigenvalue weighted by atomic mass is 28.3. The first-order valence-electron chi connectivity index (χ1n) is 6.52. The summed E-state index contributed by atoms with van der Waals surface area (Å²) in [5.74, 6) is 0. The quantitative estimate of drug-likeness (QED) is 0.660. The van der Waals surface area contributed by atoms with E-state index in [1.165, 1.54) is 32.1 Å². The Bertz CT molecular complexity index is 385. The molecule has 1 N–H and O–H groups in total. The van der Waals surface area contributed by atoms with E-state index in [-0.39, 0.29) is 0 Å². The van der Waals surface area contributed by atoms with Gasteiger partial charge in [0.1, 0.15) is 13.8 Å². The Kier molecular flexibility index (Phi) is 3.76. The maximum atomic E-state index is 4.67. The lowest BCUT2D eigenvalue weighted by Gasteiger charge is -2.17. The van der Waals surface area contributed by atoms with Gasteiger partial charge in [-0.15, -0.1) is 0 Å². The number of aromatic nitrogens is 3. The molecule has 4 nitrogen and oxygen atoms in total. The first kappa shape index (κ1) is 12.5. The van der Waals surface area contributed by atoms with E-state index in [4.69, 9.17) is 0 Å². The third-order valence-electron chi connectivity index (χ3n) is 3.27. The molecule has 0 atom stereocenters. The summed E-state index contributed by atoms with van der Waals surface area (Å²) in [5.41, 5.74) is 0.953. The molecule has 0 bridgehead atoms. The van der Waals surface area contributed by atoms with Crippen molar-refractivity contribution in [1.29, 1.82) is 0 Å². The highest BCUT2D eigenvalue weighted by molar-refractivity contribution is 6.88. The van der Waals surface area contributed by atoms with E-state index in [9.17, 15) is 0 Å². The van der Waals surface area contributed by atoms with Crippen LogP contribution in [0.3, 0.4) is 0 Å². The molecule has 0 radical (unpaired) electrons. The number of nitrogens with zero attached hydrogens (tertiary/aromatic N) is 3. The first-order valence-corrected chi connectivity index (χ1v) is 10.0. The van der Waals surface area contributed by atoms with E-state index >= 15 is 0 Å². The van der Waals surface area contributed by atoms with Crippen LogP contribution < -0.4 is 5.32 Å². The van der Waals surface area contributed by atoms with Crippen LogP contribution in [0, 0.1) is 0 Å². The van der Waals surface area contributed by atoms with Crippen LogP contribution in [-0.4, -0.2) is 35.7 Å². The molecule has 1 aromatic rings. The zero-order valence-electron chi connectivity index (χ0n) is 11.0. The summed E-state index contributed by atoms with van der Waals surface area (Å²) in [4.78, 5) is 4.67. The lowest BCUT2D eigenvalue weighted by Crippen LogP contribution is -2.41. The zero-order chi connectivity index (χ0) is 12.3. The number of hydrogen-bond acceptors (Lipinski definition) is 3. The Hall–Kier alpha value is -0.973. The van der Waals surface area contributed by atoms with Crippen LogP contribution in [0.1, 0.15) is 37.8 Å². The molecule has 1 aliphatic rings. The molecule has 1 saturated carbocycles. The Morgan fingerprint density at radius 1 is 1.18 bits per heavy atom. The van der Waals surface area contributed by atoms with E-state index in [0.717, 1.165) is 11.0 Å². The van der Waals surface area contributed by atoms with Crippen LogP contribution in [0.4, 0.5) is 0 Å². The highest BCUT2D eigenvalue weighted by Gasteiger charge is 2.23. The zero-order valence-corrected chi connectivity index (χ0v) is 12.0. The van der Waals surface area contributed by atoms with Crippen molar-refractivity contribution >= 4 is 19.6 Å². The molecule has 1 aromatic heterocycles. The smallest absolute Gasteiger partial charge is 0.122 e. The second kappa shape index (κ2) is 5.12. The summed E-state index contributed by atoms with van der Waals surface area (Å²) in [6, 6.07) is 0.509. The number of H-pyrrole nitrogens is 1. The Morgan fingerprint density at radius 2 is 1.88 bits per heavy atom. The van der Waals surface area contributed by atoms with Gasteiger partial charge in [-0.05, 0) is 12.8 Å². The summed E-state index contributed by atoms with van der Waals surface area (Å²) in [6.07, 6.45) is 8.42. The second-order valence-corrected chi connectivity index (χ2v) is 10.9. The molecule has 0 aromatic carbocycles. The van der Waals surface area contributed by atoms with Crippen LogP contribution >= 0.6 is 0 Å². The van der Waals surface area contributed by atoms with Gasteiger partial charge in [0.2, 0.25) is 0 Å². The fourth-order valence-electron chi connectivity index (χ4n) is 2.29. The summed E-state index contributed by atoms with van der Waals surface area (Å²) in [7, 11) is -1.41. The number of nitrogens with one attached hydrogen (secondary N) is 1. The van der Waals surface area contributed by atoms with Gasteiger partial charge in [0.25, 0.3) is 0 Å². The summed E-state index contributed by atoms with van der Waals surface area (Å²) in [6.45, 7) is 6.84. The highest BCUT2D eigenvalue weighted by Crippen LogP contribution is 2.19. The summed E-state index contributed by atoms with van der Waals surface area (Å²) >= 11 is 0. The van der Waals surface area contributed by atoms with E-state index in [1.807, 2.05) is 6.21 Å². The summed E-state index contributed by atoms with van der Waals surface area (Å²) in [5, 5.41) is 12.4. The van der Waals surface area contributed by atoms with Crippen molar-refractivity contribution in [2.45, 2.75) is 57.8 Å². The minimum Gasteiger partial charge on any atom is -0.287 e. The van der Waals surface area contributed by atoms with Crippen molar-refractivity contribution in [2.24, 2.45) is 4.99 Å². The van der Waals surface area contributed by atoms with Gasteiger partial charge in [-0.3, -0.25) is 4.99 Å². The molecule has 0 amide bonds. The average Bonchev–Trinajstić information content (AvgIpc) is 2.75. The largest absolute Gasteiger partial charge is 0.287 e. The van der Waals surface area contributed by atoms with Crippen molar-refractivity contribution < 1.29 is 0 Å². The normalized spacial score (nSPS) is 19.0. The van der Waals surface area contributed by atoms with E-state index in [1.54, 1.807) is 0 Å². The number of hydrogen-bond donors (Lipinski definition) is 1. The van der Waals surface area contributed by atoms with Crippen molar-refractivity contribution in [3.8, 4) is 0 Å². The molecule has 0 spiro atoms. The van der Waals surface area contributed by atoms with Gasteiger partial charge in [0, 0.05) is 0 Å². The molecule has 5 heteroatoms. The molecule has 2 rings (SSSR count). The van der Waals surface area contributed by atoms with Crippen molar-refractivity contribution in [2.75, 3.05) is 0 Å². The monoisotopic (exact) mass is 250 g/mol. The summed E-state index contributed by atoms with van der Waals surface area (Å²) < 4.78 is 0. The van der Waals surface area contributed by atoms with E-state index in [2.05, 4.69) is 40.0 Å². The predicted octanol–water partition coefficient (Wildman–Crippen LogP) is 2.10. The molecule has 94 valence electrons. The lowest BCUT2D eigenvalue weighted by atomic mass is 9.96. The topological polar surface area (TPSA) is 53.9 Å². The lowest BCUT2D eigenvalue weighted by molar-refractivity contribution is 0.444. The third-order valence-corrected chi connectivity index (χ3v) is 5.06. The number of aliphatic imine (C=N–C) groups is 1. The van der Waals surface area contributed by atoms with E-state index in [0.29, 0.717) is 6.04 Å². The standard InChI is InChI=1S/C12H22N4Si/c1-17(2,3)12-11(14-16-15-12)9-13-10-7-5-4-6-8-10/h9-10H,4-8H2,1-3H3,(H,14,15,16). The third kappa shape index (κ3) is 3.25. The Balaban J connectivity index is 2.07. The van der Waals surface area contributed by atoms with Gasteiger partial charge in [0.05, 0.1) is 17.6 Å². The molecular weight excluding hydrogens is 228 g/mol. The van der Waals surface area contributed by atoms with E-state index < -0.39 is 8.07 Å². The van der Waals surface area contributed by atoms with Crippen LogP contribution in [0.25, 0.3) is 0 Å². The van der Waals surface area contributed by atoms with Crippen LogP contribution in [0.15, 0.2) is 4.99 Å².